The van der Waals surface area contributed by atoms with Crippen molar-refractivity contribution in [2.45, 2.75) is 64.5 Å². The minimum Gasteiger partial charge on any atom is -0.465 e. The van der Waals surface area contributed by atoms with Crippen LogP contribution in [0.2, 0.25) is 0 Å². The van der Waals surface area contributed by atoms with E-state index in [1.165, 1.54) is 0 Å². The highest BCUT2D eigenvalue weighted by molar-refractivity contribution is 5.79. The quantitative estimate of drug-likeness (QED) is 0.467. The molecule has 0 aromatic rings. The third-order valence-corrected chi connectivity index (χ3v) is 3.38. The van der Waals surface area contributed by atoms with Gasteiger partial charge in [0.15, 0.2) is 0 Å². The van der Waals surface area contributed by atoms with Crippen molar-refractivity contribution in [2.75, 3.05) is 26.9 Å². The van der Waals surface area contributed by atoms with E-state index in [4.69, 9.17) is 19.9 Å². The molecule has 0 aliphatic heterocycles. The minimum atomic E-state index is -0.895. The average molecular weight is 289 g/mol. The summed E-state index contributed by atoms with van der Waals surface area (Å²) in [6, 6.07) is 0. The first-order chi connectivity index (χ1) is 9.25. The van der Waals surface area contributed by atoms with Crippen molar-refractivity contribution in [2.24, 2.45) is 5.73 Å². The Labute approximate surface area is 123 Å². The van der Waals surface area contributed by atoms with Crippen LogP contribution < -0.4 is 5.73 Å². The molecule has 0 saturated carbocycles. The van der Waals surface area contributed by atoms with Gasteiger partial charge >= 0.3 is 5.97 Å². The van der Waals surface area contributed by atoms with Gasteiger partial charge in [0.2, 0.25) is 0 Å². The van der Waals surface area contributed by atoms with E-state index in [1.807, 2.05) is 13.8 Å². The Bertz CT molecular complexity index is 277. The fourth-order valence-electron chi connectivity index (χ4n) is 1.62. The summed E-state index contributed by atoms with van der Waals surface area (Å²) in [7, 11) is 1.71. The zero-order valence-electron chi connectivity index (χ0n) is 13.7. The second-order valence-electron chi connectivity index (χ2n) is 5.92. The lowest BCUT2D eigenvalue weighted by molar-refractivity contribution is -0.149. The summed E-state index contributed by atoms with van der Waals surface area (Å²) >= 11 is 0. The number of carbonyl (C=O) groups is 1. The first kappa shape index (κ1) is 19.4. The molecule has 0 bridgehead atoms. The molecule has 0 aliphatic carbocycles. The van der Waals surface area contributed by atoms with Gasteiger partial charge in [-0.1, -0.05) is 0 Å². The molecule has 0 aliphatic rings. The first-order valence-corrected chi connectivity index (χ1v) is 7.34. The lowest BCUT2D eigenvalue weighted by atomic mass is 9.96. The third-order valence-electron chi connectivity index (χ3n) is 3.38. The number of esters is 1. The minimum absolute atomic E-state index is 0.139. The summed E-state index contributed by atoms with van der Waals surface area (Å²) in [5, 5.41) is 0. The summed E-state index contributed by atoms with van der Waals surface area (Å²) in [6.45, 7) is 9.29. The number of rotatable bonds is 11. The molecule has 0 amide bonds. The van der Waals surface area contributed by atoms with Crippen LogP contribution in [0, 0.1) is 0 Å². The normalized spacial score (nSPS) is 14.9. The summed E-state index contributed by atoms with van der Waals surface area (Å²) in [6.07, 6.45) is 3.21. The van der Waals surface area contributed by atoms with Crippen molar-refractivity contribution in [3.05, 3.63) is 0 Å². The predicted molar refractivity (Wildman–Crippen MR) is 79.6 cm³/mol. The molecule has 20 heavy (non-hydrogen) atoms. The van der Waals surface area contributed by atoms with Crippen LogP contribution in [-0.2, 0) is 19.0 Å². The van der Waals surface area contributed by atoms with Crippen LogP contribution in [0.1, 0.15) is 53.4 Å². The Morgan fingerprint density at radius 2 is 1.75 bits per heavy atom. The summed E-state index contributed by atoms with van der Waals surface area (Å²) < 4.78 is 15.8. The summed E-state index contributed by atoms with van der Waals surface area (Å²) in [4.78, 5) is 11.6. The Kier molecular flexibility index (Phi) is 9.01. The van der Waals surface area contributed by atoms with Gasteiger partial charge < -0.3 is 19.9 Å². The SMILES string of the molecule is CCOC(=O)C(C)(N)CCCCOCCC(C)(C)OC. The highest BCUT2D eigenvalue weighted by atomic mass is 16.5. The van der Waals surface area contributed by atoms with Crippen molar-refractivity contribution in [3.63, 3.8) is 0 Å². The van der Waals surface area contributed by atoms with Crippen LogP contribution in [0.15, 0.2) is 0 Å². The molecule has 1 unspecified atom stereocenters. The Hall–Kier alpha value is -0.650. The van der Waals surface area contributed by atoms with Gasteiger partial charge in [0, 0.05) is 20.3 Å². The Morgan fingerprint density at radius 3 is 2.30 bits per heavy atom. The standard InChI is InChI=1S/C15H31NO4/c1-6-20-13(17)15(4,16)9-7-8-11-19-12-10-14(2,3)18-5/h6-12,16H2,1-5H3. The summed E-state index contributed by atoms with van der Waals surface area (Å²) in [5.74, 6) is -0.331. The molecule has 0 radical (unpaired) electrons. The van der Waals surface area contributed by atoms with Gasteiger partial charge in [0.25, 0.3) is 0 Å². The summed E-state index contributed by atoms with van der Waals surface area (Å²) in [5.41, 5.74) is 4.90. The lowest BCUT2D eigenvalue weighted by Gasteiger charge is -2.23. The van der Waals surface area contributed by atoms with Crippen LogP contribution in [0.5, 0.6) is 0 Å². The number of carbonyl (C=O) groups excluding carboxylic acids is 1. The molecule has 5 nitrogen and oxygen atoms in total. The largest absolute Gasteiger partial charge is 0.465 e. The molecule has 0 spiro atoms. The Balaban J connectivity index is 3.64. The second kappa shape index (κ2) is 9.32. The molecule has 0 fully saturated rings. The fraction of sp³-hybridized carbons (Fsp3) is 0.933. The van der Waals surface area contributed by atoms with E-state index in [0.29, 0.717) is 26.2 Å². The Morgan fingerprint density at radius 1 is 1.10 bits per heavy atom. The number of ether oxygens (including phenoxy) is 3. The number of unbranched alkanes of at least 4 members (excludes halogenated alkanes) is 1. The molecular formula is C15H31NO4. The molecule has 120 valence electrons. The van der Waals surface area contributed by atoms with E-state index < -0.39 is 5.54 Å². The molecular weight excluding hydrogens is 258 g/mol. The highest BCUT2D eigenvalue weighted by Crippen LogP contribution is 2.14. The maximum Gasteiger partial charge on any atom is 0.325 e. The fourth-order valence-corrected chi connectivity index (χ4v) is 1.62. The number of hydrogen-bond donors (Lipinski definition) is 1. The number of hydrogen-bond acceptors (Lipinski definition) is 5. The number of nitrogens with two attached hydrogens (primary N) is 1. The lowest BCUT2D eigenvalue weighted by Crippen LogP contribution is -2.46. The van der Waals surface area contributed by atoms with E-state index in [2.05, 4.69) is 0 Å². The van der Waals surface area contributed by atoms with E-state index in [0.717, 1.165) is 19.3 Å². The van der Waals surface area contributed by atoms with Crippen molar-refractivity contribution < 1.29 is 19.0 Å². The van der Waals surface area contributed by atoms with Gasteiger partial charge in [-0.25, -0.2) is 0 Å². The highest BCUT2D eigenvalue weighted by Gasteiger charge is 2.28. The van der Waals surface area contributed by atoms with E-state index in [1.54, 1.807) is 21.0 Å². The first-order valence-electron chi connectivity index (χ1n) is 7.34. The van der Waals surface area contributed by atoms with Gasteiger partial charge in [0.1, 0.15) is 5.54 Å². The van der Waals surface area contributed by atoms with Gasteiger partial charge in [-0.05, 0) is 53.4 Å². The predicted octanol–water partition coefficient (Wildman–Crippen LogP) is 2.27. The smallest absolute Gasteiger partial charge is 0.325 e. The van der Waals surface area contributed by atoms with Gasteiger partial charge in [-0.3, -0.25) is 4.79 Å². The van der Waals surface area contributed by atoms with Crippen molar-refractivity contribution >= 4 is 5.97 Å². The molecule has 1 atom stereocenters. The van der Waals surface area contributed by atoms with Crippen molar-refractivity contribution in [3.8, 4) is 0 Å². The zero-order chi connectivity index (χ0) is 15.6. The van der Waals surface area contributed by atoms with Crippen molar-refractivity contribution in [1.82, 2.24) is 0 Å². The van der Waals surface area contributed by atoms with Gasteiger partial charge in [-0.15, -0.1) is 0 Å². The molecule has 0 heterocycles. The van der Waals surface area contributed by atoms with E-state index in [-0.39, 0.29) is 11.6 Å². The monoisotopic (exact) mass is 289 g/mol. The van der Waals surface area contributed by atoms with Gasteiger partial charge in [-0.2, -0.15) is 0 Å². The molecule has 2 N–H and O–H groups in total. The molecule has 0 aromatic heterocycles. The van der Waals surface area contributed by atoms with Crippen LogP contribution in [0.25, 0.3) is 0 Å². The third kappa shape index (κ3) is 8.51. The van der Waals surface area contributed by atoms with E-state index >= 15 is 0 Å². The van der Waals surface area contributed by atoms with Crippen molar-refractivity contribution in [1.29, 1.82) is 0 Å². The van der Waals surface area contributed by atoms with Gasteiger partial charge in [0.05, 0.1) is 12.2 Å². The molecule has 0 rings (SSSR count). The maximum absolute atomic E-state index is 11.6. The zero-order valence-corrected chi connectivity index (χ0v) is 13.7. The topological polar surface area (TPSA) is 70.8 Å². The van der Waals surface area contributed by atoms with E-state index in [9.17, 15) is 4.79 Å². The molecule has 5 heteroatoms. The van der Waals surface area contributed by atoms with Crippen LogP contribution in [-0.4, -0.2) is 44.0 Å². The number of methoxy groups -OCH3 is 1. The second-order valence-corrected chi connectivity index (χ2v) is 5.92. The maximum atomic E-state index is 11.6. The van der Waals surface area contributed by atoms with Crippen LogP contribution in [0.4, 0.5) is 0 Å². The van der Waals surface area contributed by atoms with Crippen LogP contribution in [0.3, 0.4) is 0 Å². The molecule has 0 aromatic carbocycles. The average Bonchev–Trinajstić information content (AvgIpc) is 2.37. The van der Waals surface area contributed by atoms with Crippen LogP contribution >= 0.6 is 0 Å². The molecule has 0 saturated heterocycles.